The van der Waals surface area contributed by atoms with Crippen molar-refractivity contribution in [2.24, 2.45) is 0 Å². The molecule has 1 unspecified atom stereocenters. The van der Waals surface area contributed by atoms with Gasteiger partial charge in [-0.05, 0) is 43.2 Å². The lowest BCUT2D eigenvalue weighted by molar-refractivity contribution is 0.0399. The van der Waals surface area contributed by atoms with Crippen LogP contribution in [0.3, 0.4) is 0 Å². The molecule has 0 aromatic heterocycles. The summed E-state index contributed by atoms with van der Waals surface area (Å²) in [5, 5.41) is 0. The number of carbonyl (C=O) groups excluding carboxylic acids is 1. The molecule has 30 heavy (non-hydrogen) atoms. The van der Waals surface area contributed by atoms with Crippen molar-refractivity contribution in [3.63, 3.8) is 0 Å². The molecule has 0 saturated carbocycles. The smallest absolute Gasteiger partial charge is 0.253 e. The number of ether oxygens (including phenoxy) is 1. The zero-order valence-electron chi connectivity index (χ0n) is 17.4. The van der Waals surface area contributed by atoms with Crippen LogP contribution in [-0.2, 0) is 0 Å². The SMILES string of the molecule is O=C(c1cccc(Br)c1)N1CCCC(N2CCN(CCOc3ccccc3)CC2)C1. The van der Waals surface area contributed by atoms with Gasteiger partial charge in [-0.15, -0.1) is 0 Å². The first kappa shape index (κ1) is 21.3. The molecule has 2 aromatic carbocycles. The fourth-order valence-electron chi connectivity index (χ4n) is 4.40. The molecule has 160 valence electrons. The van der Waals surface area contributed by atoms with E-state index in [1.807, 2.05) is 59.5 Å². The second-order valence-corrected chi connectivity index (χ2v) is 9.01. The number of piperidine rings is 1. The molecule has 0 aliphatic carbocycles. The number of carbonyl (C=O) groups is 1. The predicted molar refractivity (Wildman–Crippen MR) is 123 cm³/mol. The van der Waals surface area contributed by atoms with E-state index in [2.05, 4.69) is 25.7 Å². The van der Waals surface area contributed by atoms with Crippen LogP contribution in [0.5, 0.6) is 5.75 Å². The maximum Gasteiger partial charge on any atom is 0.253 e. The van der Waals surface area contributed by atoms with Gasteiger partial charge in [0.05, 0.1) is 0 Å². The summed E-state index contributed by atoms with van der Waals surface area (Å²) in [6.45, 7) is 7.64. The van der Waals surface area contributed by atoms with Crippen molar-refractivity contribution in [2.75, 3.05) is 52.4 Å². The third-order valence-corrected chi connectivity index (χ3v) is 6.59. The minimum atomic E-state index is 0.151. The van der Waals surface area contributed by atoms with Crippen LogP contribution in [0.25, 0.3) is 0 Å². The Balaban J connectivity index is 1.23. The minimum absolute atomic E-state index is 0.151. The topological polar surface area (TPSA) is 36.0 Å². The third kappa shape index (κ3) is 5.62. The van der Waals surface area contributed by atoms with Gasteiger partial charge in [0.1, 0.15) is 12.4 Å². The first-order valence-corrected chi connectivity index (χ1v) is 11.7. The Kier molecular flexibility index (Phi) is 7.42. The van der Waals surface area contributed by atoms with E-state index in [4.69, 9.17) is 4.74 Å². The van der Waals surface area contributed by atoms with Gasteiger partial charge in [0.25, 0.3) is 5.91 Å². The molecule has 2 aromatic rings. The maximum atomic E-state index is 12.9. The minimum Gasteiger partial charge on any atom is -0.492 e. The highest BCUT2D eigenvalue weighted by molar-refractivity contribution is 9.10. The van der Waals surface area contributed by atoms with Crippen molar-refractivity contribution in [3.05, 3.63) is 64.6 Å². The van der Waals surface area contributed by atoms with E-state index in [9.17, 15) is 4.79 Å². The number of piperazine rings is 1. The van der Waals surface area contributed by atoms with E-state index in [0.717, 1.165) is 74.6 Å². The van der Waals surface area contributed by atoms with Crippen molar-refractivity contribution in [3.8, 4) is 5.75 Å². The molecule has 6 heteroatoms. The number of benzene rings is 2. The van der Waals surface area contributed by atoms with Crippen molar-refractivity contribution < 1.29 is 9.53 Å². The molecule has 2 fully saturated rings. The Morgan fingerprint density at radius 3 is 2.57 bits per heavy atom. The van der Waals surface area contributed by atoms with Gasteiger partial charge in [0, 0.05) is 61.9 Å². The van der Waals surface area contributed by atoms with E-state index in [-0.39, 0.29) is 5.91 Å². The Bertz CT molecular complexity index is 824. The van der Waals surface area contributed by atoms with Gasteiger partial charge in [0.2, 0.25) is 0 Å². The highest BCUT2D eigenvalue weighted by atomic mass is 79.9. The molecule has 2 aliphatic rings. The molecule has 0 spiro atoms. The summed E-state index contributed by atoms with van der Waals surface area (Å²) in [5.41, 5.74) is 0.772. The van der Waals surface area contributed by atoms with Gasteiger partial charge >= 0.3 is 0 Å². The second-order valence-electron chi connectivity index (χ2n) is 8.10. The molecular formula is C24H30BrN3O2. The molecule has 1 atom stereocenters. The molecular weight excluding hydrogens is 442 g/mol. The summed E-state index contributed by atoms with van der Waals surface area (Å²) in [6, 6.07) is 18.2. The van der Waals surface area contributed by atoms with E-state index in [1.165, 1.54) is 6.42 Å². The van der Waals surface area contributed by atoms with Crippen molar-refractivity contribution in [1.29, 1.82) is 0 Å². The lowest BCUT2D eigenvalue weighted by Crippen LogP contribution is -2.56. The number of likely N-dealkylation sites (tertiary alicyclic amines) is 1. The highest BCUT2D eigenvalue weighted by Gasteiger charge is 2.30. The highest BCUT2D eigenvalue weighted by Crippen LogP contribution is 2.21. The molecule has 2 aliphatic heterocycles. The number of rotatable bonds is 6. The Morgan fingerprint density at radius 2 is 1.80 bits per heavy atom. The molecule has 0 radical (unpaired) electrons. The molecule has 2 saturated heterocycles. The van der Waals surface area contributed by atoms with E-state index < -0.39 is 0 Å². The molecule has 0 bridgehead atoms. The van der Waals surface area contributed by atoms with Gasteiger partial charge in [0.15, 0.2) is 0 Å². The van der Waals surface area contributed by atoms with Crippen LogP contribution in [0.1, 0.15) is 23.2 Å². The van der Waals surface area contributed by atoms with Crippen molar-refractivity contribution in [2.45, 2.75) is 18.9 Å². The molecule has 1 amide bonds. The molecule has 2 heterocycles. The summed E-state index contributed by atoms with van der Waals surface area (Å²) < 4.78 is 6.79. The van der Waals surface area contributed by atoms with E-state index in [0.29, 0.717) is 6.04 Å². The lowest BCUT2D eigenvalue weighted by atomic mass is 10.0. The number of halogens is 1. The molecule has 5 nitrogen and oxygen atoms in total. The van der Waals surface area contributed by atoms with Crippen LogP contribution in [0.15, 0.2) is 59.1 Å². The molecule has 4 rings (SSSR count). The maximum absolute atomic E-state index is 12.9. The second kappa shape index (κ2) is 10.4. The third-order valence-electron chi connectivity index (χ3n) is 6.10. The van der Waals surface area contributed by atoms with Crippen LogP contribution < -0.4 is 4.74 Å². The predicted octanol–water partition coefficient (Wildman–Crippen LogP) is 3.75. The largest absolute Gasteiger partial charge is 0.492 e. The number of hydrogen-bond donors (Lipinski definition) is 0. The van der Waals surface area contributed by atoms with Crippen LogP contribution in [0.2, 0.25) is 0 Å². The van der Waals surface area contributed by atoms with Crippen LogP contribution >= 0.6 is 15.9 Å². The van der Waals surface area contributed by atoms with Crippen LogP contribution in [0.4, 0.5) is 0 Å². The summed E-state index contributed by atoms with van der Waals surface area (Å²) in [5.74, 6) is 1.09. The summed E-state index contributed by atoms with van der Waals surface area (Å²) in [6.07, 6.45) is 2.26. The van der Waals surface area contributed by atoms with Gasteiger partial charge in [-0.25, -0.2) is 0 Å². The normalized spacial score (nSPS) is 20.8. The van der Waals surface area contributed by atoms with Crippen molar-refractivity contribution in [1.82, 2.24) is 14.7 Å². The monoisotopic (exact) mass is 471 g/mol. The number of amides is 1. The average Bonchev–Trinajstić information content (AvgIpc) is 2.80. The standard InChI is InChI=1S/C24H30BrN3O2/c25-21-7-4-6-20(18-21)24(29)28-11-5-8-22(19-28)27-14-12-26(13-15-27)16-17-30-23-9-2-1-3-10-23/h1-4,6-7,9-10,18,22H,5,8,11-17,19H2. The van der Waals surface area contributed by atoms with E-state index >= 15 is 0 Å². The molecule has 0 N–H and O–H groups in total. The van der Waals surface area contributed by atoms with Crippen molar-refractivity contribution >= 4 is 21.8 Å². The average molecular weight is 472 g/mol. The van der Waals surface area contributed by atoms with Gasteiger partial charge < -0.3 is 9.64 Å². The van der Waals surface area contributed by atoms with Gasteiger partial charge in [-0.3, -0.25) is 14.6 Å². The van der Waals surface area contributed by atoms with E-state index in [1.54, 1.807) is 0 Å². The number of hydrogen-bond acceptors (Lipinski definition) is 4. The fraction of sp³-hybridized carbons (Fsp3) is 0.458. The zero-order valence-corrected chi connectivity index (χ0v) is 19.0. The van der Waals surface area contributed by atoms with Gasteiger partial charge in [-0.1, -0.05) is 40.2 Å². The Morgan fingerprint density at radius 1 is 1.00 bits per heavy atom. The van der Waals surface area contributed by atoms with Crippen LogP contribution in [-0.4, -0.2) is 79.1 Å². The summed E-state index contributed by atoms with van der Waals surface area (Å²) in [7, 11) is 0. The summed E-state index contributed by atoms with van der Waals surface area (Å²) in [4.78, 5) is 20.0. The Hall–Kier alpha value is -1.89. The fourth-order valence-corrected chi connectivity index (χ4v) is 4.80. The van der Waals surface area contributed by atoms with Crippen LogP contribution in [0, 0.1) is 0 Å². The zero-order chi connectivity index (χ0) is 20.8. The number of para-hydroxylation sites is 1. The van der Waals surface area contributed by atoms with Gasteiger partial charge in [-0.2, -0.15) is 0 Å². The Labute approximate surface area is 187 Å². The number of nitrogens with zero attached hydrogens (tertiary/aromatic N) is 3. The first-order chi connectivity index (χ1) is 14.7. The first-order valence-electron chi connectivity index (χ1n) is 10.9. The summed E-state index contributed by atoms with van der Waals surface area (Å²) >= 11 is 3.47. The lowest BCUT2D eigenvalue weighted by Gasteiger charge is -2.43. The quantitative estimate of drug-likeness (QED) is 0.642.